The third kappa shape index (κ3) is 4.51. The second kappa shape index (κ2) is 8.28. The summed E-state index contributed by atoms with van der Waals surface area (Å²) in [6.07, 6.45) is 1.57. The molecule has 1 amide bonds. The molecule has 0 spiro atoms. The summed E-state index contributed by atoms with van der Waals surface area (Å²) < 4.78 is 39.1. The standard InChI is InChI=1S/C20H23FN2O4S/c1-22(28(26,27)19-8-4-17(21)5-9-19)14-20(25)23-12-10-16(11-13-23)15-2-6-18(24)7-3-15/h2-9,16,24H,10-14H2,1H3. The van der Waals surface area contributed by atoms with Crippen molar-refractivity contribution in [3.63, 3.8) is 0 Å². The Kier molecular flexibility index (Phi) is 6.00. The molecule has 1 aliphatic rings. The van der Waals surface area contributed by atoms with E-state index < -0.39 is 15.8 Å². The number of carbonyl (C=O) groups excluding carboxylic acids is 1. The maximum Gasteiger partial charge on any atom is 0.243 e. The number of piperidine rings is 1. The lowest BCUT2D eigenvalue weighted by Crippen LogP contribution is -2.44. The zero-order valence-electron chi connectivity index (χ0n) is 15.6. The van der Waals surface area contributed by atoms with E-state index in [4.69, 9.17) is 0 Å². The molecule has 0 bridgehead atoms. The van der Waals surface area contributed by atoms with Gasteiger partial charge in [-0.1, -0.05) is 12.1 Å². The topological polar surface area (TPSA) is 77.9 Å². The highest BCUT2D eigenvalue weighted by Gasteiger charge is 2.28. The Labute approximate surface area is 164 Å². The summed E-state index contributed by atoms with van der Waals surface area (Å²) in [4.78, 5) is 14.2. The number of sulfonamides is 1. The molecule has 1 saturated heterocycles. The number of hydrogen-bond acceptors (Lipinski definition) is 4. The van der Waals surface area contributed by atoms with Crippen LogP contribution < -0.4 is 0 Å². The number of hydrogen-bond donors (Lipinski definition) is 1. The highest BCUT2D eigenvalue weighted by atomic mass is 32.2. The fraction of sp³-hybridized carbons (Fsp3) is 0.350. The fourth-order valence-electron chi connectivity index (χ4n) is 3.37. The summed E-state index contributed by atoms with van der Waals surface area (Å²) >= 11 is 0. The van der Waals surface area contributed by atoms with E-state index in [-0.39, 0.29) is 23.1 Å². The zero-order chi connectivity index (χ0) is 20.3. The molecule has 28 heavy (non-hydrogen) atoms. The van der Waals surface area contributed by atoms with Crippen molar-refractivity contribution >= 4 is 15.9 Å². The monoisotopic (exact) mass is 406 g/mol. The molecule has 8 heteroatoms. The Bertz CT molecular complexity index is 922. The van der Waals surface area contributed by atoms with Crippen LogP contribution in [0.1, 0.15) is 24.3 Å². The van der Waals surface area contributed by atoms with E-state index in [1.54, 1.807) is 17.0 Å². The van der Waals surface area contributed by atoms with Gasteiger partial charge in [-0.2, -0.15) is 4.31 Å². The third-order valence-corrected chi connectivity index (χ3v) is 6.91. The molecule has 0 unspecified atom stereocenters. The number of nitrogens with zero attached hydrogens (tertiary/aromatic N) is 2. The second-order valence-electron chi connectivity index (χ2n) is 6.96. The molecule has 150 valence electrons. The molecule has 1 aliphatic heterocycles. The predicted octanol–water partition coefficient (Wildman–Crippen LogP) is 2.56. The van der Waals surface area contributed by atoms with Gasteiger partial charge in [0.05, 0.1) is 11.4 Å². The van der Waals surface area contributed by atoms with Crippen molar-refractivity contribution in [3.05, 3.63) is 59.9 Å². The van der Waals surface area contributed by atoms with E-state index in [2.05, 4.69) is 0 Å². The van der Waals surface area contributed by atoms with Crippen molar-refractivity contribution in [2.24, 2.45) is 0 Å². The molecule has 1 fully saturated rings. The number of phenolic OH excluding ortho intramolecular Hbond substituents is 1. The molecule has 2 aromatic rings. The van der Waals surface area contributed by atoms with Gasteiger partial charge >= 0.3 is 0 Å². The predicted molar refractivity (Wildman–Crippen MR) is 103 cm³/mol. The summed E-state index contributed by atoms with van der Waals surface area (Å²) in [5, 5.41) is 9.39. The Morgan fingerprint density at radius 3 is 2.25 bits per heavy atom. The molecule has 1 N–H and O–H groups in total. The first kappa shape index (κ1) is 20.3. The quantitative estimate of drug-likeness (QED) is 0.828. The van der Waals surface area contributed by atoms with E-state index in [1.165, 1.54) is 19.2 Å². The molecule has 6 nitrogen and oxygen atoms in total. The van der Waals surface area contributed by atoms with Crippen LogP contribution in [0.25, 0.3) is 0 Å². The van der Waals surface area contributed by atoms with Crippen molar-refractivity contribution in [3.8, 4) is 5.75 Å². The maximum atomic E-state index is 13.0. The highest BCUT2D eigenvalue weighted by Crippen LogP contribution is 2.29. The summed E-state index contributed by atoms with van der Waals surface area (Å²) in [6.45, 7) is 0.840. The van der Waals surface area contributed by atoms with E-state index >= 15 is 0 Å². The molecule has 0 saturated carbocycles. The Morgan fingerprint density at radius 1 is 1.11 bits per heavy atom. The molecule has 3 rings (SSSR count). The fourth-order valence-corrected chi connectivity index (χ4v) is 4.49. The summed E-state index contributed by atoms with van der Waals surface area (Å²) in [7, 11) is -2.50. The van der Waals surface area contributed by atoms with Crippen LogP contribution in [0.5, 0.6) is 5.75 Å². The Hall–Kier alpha value is -2.45. The lowest BCUT2D eigenvalue weighted by Gasteiger charge is -2.33. The SMILES string of the molecule is CN(CC(=O)N1CCC(c2ccc(O)cc2)CC1)S(=O)(=O)c1ccc(F)cc1. The first-order valence-electron chi connectivity index (χ1n) is 9.06. The van der Waals surface area contributed by atoms with Crippen LogP contribution in [-0.2, 0) is 14.8 Å². The molecule has 0 aromatic heterocycles. The number of benzene rings is 2. The summed E-state index contributed by atoms with van der Waals surface area (Å²) in [5.41, 5.74) is 1.13. The molecular weight excluding hydrogens is 383 g/mol. The van der Waals surface area contributed by atoms with Crippen LogP contribution in [0.2, 0.25) is 0 Å². The molecular formula is C20H23FN2O4S. The van der Waals surface area contributed by atoms with Crippen LogP contribution in [-0.4, -0.2) is 55.3 Å². The largest absolute Gasteiger partial charge is 0.508 e. The summed E-state index contributed by atoms with van der Waals surface area (Å²) in [6, 6.07) is 11.6. The number of halogens is 1. The highest BCUT2D eigenvalue weighted by molar-refractivity contribution is 7.89. The van der Waals surface area contributed by atoms with Crippen LogP contribution in [0, 0.1) is 5.82 Å². The maximum absolute atomic E-state index is 13.0. The third-order valence-electron chi connectivity index (χ3n) is 5.09. The number of likely N-dealkylation sites (N-methyl/N-ethyl adjacent to an activating group) is 1. The van der Waals surface area contributed by atoms with Crippen LogP contribution in [0.15, 0.2) is 53.4 Å². The first-order valence-corrected chi connectivity index (χ1v) is 10.5. The van der Waals surface area contributed by atoms with E-state index in [1.807, 2.05) is 12.1 Å². The Balaban J connectivity index is 1.58. The second-order valence-corrected chi connectivity index (χ2v) is 9.01. The molecule has 0 radical (unpaired) electrons. The minimum absolute atomic E-state index is 0.0461. The van der Waals surface area contributed by atoms with Gasteiger partial charge in [0.15, 0.2) is 0 Å². The van der Waals surface area contributed by atoms with Crippen LogP contribution in [0.3, 0.4) is 0 Å². The molecule has 0 atom stereocenters. The normalized spacial score (nSPS) is 15.8. The zero-order valence-corrected chi connectivity index (χ0v) is 16.4. The van der Waals surface area contributed by atoms with Gasteiger partial charge in [-0.3, -0.25) is 4.79 Å². The lowest BCUT2D eigenvalue weighted by atomic mass is 9.89. The molecule has 1 heterocycles. The van der Waals surface area contributed by atoms with Crippen molar-refractivity contribution in [1.82, 2.24) is 9.21 Å². The van der Waals surface area contributed by atoms with Crippen molar-refractivity contribution < 1.29 is 22.7 Å². The van der Waals surface area contributed by atoms with Gasteiger partial charge in [-0.25, -0.2) is 12.8 Å². The average molecular weight is 406 g/mol. The van der Waals surface area contributed by atoms with Gasteiger partial charge in [0.2, 0.25) is 15.9 Å². The van der Waals surface area contributed by atoms with Gasteiger partial charge in [0, 0.05) is 20.1 Å². The summed E-state index contributed by atoms with van der Waals surface area (Å²) in [5.74, 6) is -0.237. The molecule has 2 aromatic carbocycles. The van der Waals surface area contributed by atoms with E-state index in [0.29, 0.717) is 19.0 Å². The van der Waals surface area contributed by atoms with E-state index in [0.717, 1.165) is 34.8 Å². The van der Waals surface area contributed by atoms with Crippen molar-refractivity contribution in [2.45, 2.75) is 23.7 Å². The van der Waals surface area contributed by atoms with Gasteiger partial charge < -0.3 is 10.0 Å². The van der Waals surface area contributed by atoms with Crippen molar-refractivity contribution in [1.29, 1.82) is 0 Å². The van der Waals surface area contributed by atoms with E-state index in [9.17, 15) is 22.7 Å². The Morgan fingerprint density at radius 2 is 1.68 bits per heavy atom. The lowest BCUT2D eigenvalue weighted by molar-refractivity contribution is -0.132. The van der Waals surface area contributed by atoms with Gasteiger partial charge in [0.1, 0.15) is 11.6 Å². The number of aromatic hydroxyl groups is 1. The van der Waals surface area contributed by atoms with Gasteiger partial charge in [-0.05, 0) is 60.7 Å². The average Bonchev–Trinajstić information content (AvgIpc) is 2.69. The molecule has 0 aliphatic carbocycles. The van der Waals surface area contributed by atoms with Gasteiger partial charge in [-0.15, -0.1) is 0 Å². The number of carbonyl (C=O) groups is 1. The number of amides is 1. The van der Waals surface area contributed by atoms with Gasteiger partial charge in [0.25, 0.3) is 0 Å². The minimum Gasteiger partial charge on any atom is -0.508 e. The smallest absolute Gasteiger partial charge is 0.243 e. The first-order chi connectivity index (χ1) is 13.3. The number of rotatable bonds is 5. The minimum atomic E-state index is -3.85. The number of likely N-dealkylation sites (tertiary alicyclic amines) is 1. The van der Waals surface area contributed by atoms with Crippen molar-refractivity contribution in [2.75, 3.05) is 26.7 Å². The number of phenols is 1. The van der Waals surface area contributed by atoms with Crippen LogP contribution in [0.4, 0.5) is 4.39 Å². The van der Waals surface area contributed by atoms with Crippen LogP contribution >= 0.6 is 0 Å².